The van der Waals surface area contributed by atoms with Crippen molar-refractivity contribution in [1.82, 2.24) is 4.90 Å². The predicted octanol–water partition coefficient (Wildman–Crippen LogP) is 4.94. The maximum atomic E-state index is 12.4. The molecular weight excluding hydrogens is 254 g/mol. The molecule has 0 aliphatic carbocycles. The van der Waals surface area contributed by atoms with E-state index in [0.29, 0.717) is 12.1 Å². The largest absolute Gasteiger partial charge is 0.328 e. The van der Waals surface area contributed by atoms with Crippen LogP contribution in [0.4, 0.5) is 4.79 Å². The Labute approximate surface area is 121 Å². The quantitative estimate of drug-likeness (QED) is 0.735. The highest BCUT2D eigenvalue weighted by Crippen LogP contribution is 2.22. The lowest BCUT2D eigenvalue weighted by atomic mass is 10.1. The van der Waals surface area contributed by atoms with Gasteiger partial charge in [0, 0.05) is 17.8 Å². The molecule has 1 amide bonds. The van der Waals surface area contributed by atoms with Crippen molar-refractivity contribution in [3.05, 3.63) is 35.9 Å². The molecule has 0 N–H and O–H groups in total. The Kier molecular flexibility index (Phi) is 7.00. The third-order valence-electron chi connectivity index (χ3n) is 3.55. The van der Waals surface area contributed by atoms with Crippen LogP contribution in [0.15, 0.2) is 30.3 Å². The molecule has 0 aliphatic rings. The fourth-order valence-electron chi connectivity index (χ4n) is 1.98. The number of amides is 1. The number of carbonyl (C=O) groups is 1. The van der Waals surface area contributed by atoms with E-state index < -0.39 is 0 Å². The lowest BCUT2D eigenvalue weighted by Gasteiger charge is -2.33. The maximum absolute atomic E-state index is 12.4. The van der Waals surface area contributed by atoms with Crippen molar-refractivity contribution in [2.45, 2.75) is 58.4 Å². The summed E-state index contributed by atoms with van der Waals surface area (Å²) in [7, 11) is 0. The average Bonchev–Trinajstić information content (AvgIpc) is 2.45. The smallest absolute Gasteiger partial charge is 0.282 e. The van der Waals surface area contributed by atoms with Crippen molar-refractivity contribution in [1.29, 1.82) is 0 Å². The van der Waals surface area contributed by atoms with E-state index in [-0.39, 0.29) is 5.24 Å². The molecule has 0 bridgehead atoms. The van der Waals surface area contributed by atoms with Gasteiger partial charge in [-0.3, -0.25) is 4.79 Å². The van der Waals surface area contributed by atoms with Crippen molar-refractivity contribution in [3.8, 4) is 0 Å². The van der Waals surface area contributed by atoms with Crippen molar-refractivity contribution in [2.75, 3.05) is 0 Å². The summed E-state index contributed by atoms with van der Waals surface area (Å²) in [5.74, 6) is 0.753. The minimum atomic E-state index is 0.201. The van der Waals surface area contributed by atoms with Gasteiger partial charge in [0.15, 0.2) is 0 Å². The first-order chi connectivity index (χ1) is 9.10. The molecule has 1 rings (SSSR count). The number of rotatable bonds is 6. The molecule has 2 nitrogen and oxygen atoms in total. The molecule has 0 aliphatic heterocycles. The van der Waals surface area contributed by atoms with Crippen LogP contribution in [0.3, 0.4) is 0 Å². The topological polar surface area (TPSA) is 20.3 Å². The summed E-state index contributed by atoms with van der Waals surface area (Å²) in [4.78, 5) is 14.4. The molecule has 19 heavy (non-hydrogen) atoms. The van der Waals surface area contributed by atoms with E-state index in [0.717, 1.165) is 18.6 Å². The van der Waals surface area contributed by atoms with Crippen LogP contribution >= 0.6 is 11.8 Å². The molecular formula is C16H25NOS. The molecule has 0 radical (unpaired) electrons. The first-order valence-corrected chi connectivity index (χ1v) is 8.07. The van der Waals surface area contributed by atoms with Crippen LogP contribution in [0.1, 0.15) is 46.1 Å². The molecule has 1 aromatic rings. The standard InChI is InChI=1S/C16H25NOS/c1-5-13(3)17(14(4)6-2)16(18)19-12-15-10-8-7-9-11-15/h7-11,13-14H,5-6,12H2,1-4H3/t13-,14-/m1/s1. The lowest BCUT2D eigenvalue weighted by Crippen LogP contribution is -2.42. The van der Waals surface area contributed by atoms with E-state index in [1.54, 1.807) is 0 Å². The monoisotopic (exact) mass is 279 g/mol. The van der Waals surface area contributed by atoms with Crippen molar-refractivity contribution < 1.29 is 4.79 Å². The van der Waals surface area contributed by atoms with E-state index in [1.165, 1.54) is 17.3 Å². The molecule has 0 aromatic heterocycles. The molecule has 2 atom stereocenters. The fraction of sp³-hybridized carbons (Fsp3) is 0.562. The molecule has 0 spiro atoms. The van der Waals surface area contributed by atoms with Crippen LogP contribution in [0, 0.1) is 0 Å². The highest BCUT2D eigenvalue weighted by molar-refractivity contribution is 8.12. The van der Waals surface area contributed by atoms with Crippen molar-refractivity contribution >= 4 is 17.0 Å². The van der Waals surface area contributed by atoms with E-state index in [4.69, 9.17) is 0 Å². The number of carbonyl (C=O) groups excluding carboxylic acids is 1. The first-order valence-electron chi connectivity index (χ1n) is 7.09. The Morgan fingerprint density at radius 2 is 1.63 bits per heavy atom. The van der Waals surface area contributed by atoms with Gasteiger partial charge in [-0.05, 0) is 32.3 Å². The highest BCUT2D eigenvalue weighted by Gasteiger charge is 2.23. The summed E-state index contributed by atoms with van der Waals surface area (Å²) in [5.41, 5.74) is 1.20. The van der Waals surface area contributed by atoms with Gasteiger partial charge in [-0.2, -0.15) is 0 Å². The van der Waals surface area contributed by atoms with E-state index in [9.17, 15) is 4.79 Å². The van der Waals surface area contributed by atoms with Crippen LogP contribution in [0.2, 0.25) is 0 Å². The van der Waals surface area contributed by atoms with Crippen LogP contribution < -0.4 is 0 Å². The SMILES string of the molecule is CC[C@@H](C)N(C(=O)SCc1ccccc1)[C@H](C)CC. The summed E-state index contributed by atoms with van der Waals surface area (Å²) in [6.07, 6.45) is 2.00. The molecule has 0 unspecified atom stereocenters. The second-order valence-electron chi connectivity index (χ2n) is 4.96. The zero-order valence-electron chi connectivity index (χ0n) is 12.4. The molecule has 0 saturated heterocycles. The number of thioether (sulfide) groups is 1. The van der Waals surface area contributed by atoms with Gasteiger partial charge in [-0.15, -0.1) is 0 Å². The molecule has 106 valence electrons. The molecule has 3 heteroatoms. The van der Waals surface area contributed by atoms with Crippen LogP contribution in [-0.4, -0.2) is 22.2 Å². The summed E-state index contributed by atoms with van der Waals surface area (Å²) >= 11 is 1.41. The van der Waals surface area contributed by atoms with Gasteiger partial charge in [0.05, 0.1) is 0 Å². The molecule has 0 heterocycles. The van der Waals surface area contributed by atoms with Crippen molar-refractivity contribution in [3.63, 3.8) is 0 Å². The summed E-state index contributed by atoms with van der Waals surface area (Å²) in [6, 6.07) is 10.8. The number of benzene rings is 1. The van der Waals surface area contributed by atoms with Crippen LogP contribution in [0.25, 0.3) is 0 Å². The van der Waals surface area contributed by atoms with Crippen LogP contribution in [-0.2, 0) is 5.75 Å². The second-order valence-corrected chi connectivity index (χ2v) is 5.89. The van der Waals surface area contributed by atoms with Crippen molar-refractivity contribution in [2.24, 2.45) is 0 Å². The third kappa shape index (κ3) is 4.90. The van der Waals surface area contributed by atoms with Gasteiger partial charge in [-0.1, -0.05) is 55.9 Å². The fourth-order valence-corrected chi connectivity index (χ4v) is 2.97. The van der Waals surface area contributed by atoms with Gasteiger partial charge in [0.1, 0.15) is 0 Å². The van der Waals surface area contributed by atoms with Gasteiger partial charge >= 0.3 is 0 Å². The first kappa shape index (κ1) is 16.1. The van der Waals surface area contributed by atoms with Crippen LogP contribution in [0.5, 0.6) is 0 Å². The minimum absolute atomic E-state index is 0.201. The van der Waals surface area contributed by atoms with Gasteiger partial charge in [0.25, 0.3) is 5.24 Å². The minimum Gasteiger partial charge on any atom is -0.328 e. The highest BCUT2D eigenvalue weighted by atomic mass is 32.2. The second kappa shape index (κ2) is 8.26. The Balaban J connectivity index is 2.62. The third-order valence-corrected chi connectivity index (χ3v) is 4.48. The summed E-state index contributed by atoms with van der Waals surface area (Å²) in [5, 5.41) is 0.201. The predicted molar refractivity (Wildman–Crippen MR) is 84.5 cm³/mol. The number of nitrogens with zero attached hydrogens (tertiary/aromatic N) is 1. The zero-order valence-corrected chi connectivity index (χ0v) is 13.2. The summed E-state index contributed by atoms with van der Waals surface area (Å²) < 4.78 is 0. The molecule has 0 saturated carbocycles. The Hall–Kier alpha value is -0.960. The van der Waals surface area contributed by atoms with E-state index in [2.05, 4.69) is 39.8 Å². The van der Waals surface area contributed by atoms with Gasteiger partial charge in [0.2, 0.25) is 0 Å². The number of hydrogen-bond acceptors (Lipinski definition) is 2. The molecule has 1 aromatic carbocycles. The molecule has 0 fully saturated rings. The summed E-state index contributed by atoms with van der Waals surface area (Å²) in [6.45, 7) is 8.53. The maximum Gasteiger partial charge on any atom is 0.282 e. The van der Waals surface area contributed by atoms with E-state index >= 15 is 0 Å². The number of hydrogen-bond donors (Lipinski definition) is 0. The van der Waals surface area contributed by atoms with E-state index in [1.807, 2.05) is 23.1 Å². The van der Waals surface area contributed by atoms with Gasteiger partial charge in [-0.25, -0.2) is 0 Å². The lowest BCUT2D eigenvalue weighted by molar-refractivity contribution is 0.173. The Morgan fingerprint density at radius 3 is 2.11 bits per heavy atom. The average molecular weight is 279 g/mol. The normalized spacial score (nSPS) is 13.9. The Morgan fingerprint density at radius 1 is 1.11 bits per heavy atom. The zero-order chi connectivity index (χ0) is 14.3. The Bertz CT molecular complexity index is 370. The van der Waals surface area contributed by atoms with Gasteiger partial charge < -0.3 is 4.90 Å².